The Hall–Kier alpha value is -5.16. The summed E-state index contributed by atoms with van der Waals surface area (Å²) in [6.45, 7) is 0. The highest BCUT2D eigenvalue weighted by Gasteiger charge is 2.61. The van der Waals surface area contributed by atoms with E-state index in [2.05, 4.69) is 94.8 Å². The van der Waals surface area contributed by atoms with Crippen molar-refractivity contribution in [2.24, 2.45) is 23.7 Å². The van der Waals surface area contributed by atoms with Gasteiger partial charge >= 0.3 is 0 Å². The van der Waals surface area contributed by atoms with E-state index in [0.717, 1.165) is 28.7 Å². The van der Waals surface area contributed by atoms with Gasteiger partial charge < -0.3 is 4.90 Å². The van der Waals surface area contributed by atoms with Gasteiger partial charge in [-0.3, -0.25) is 4.98 Å². The first kappa shape index (κ1) is 27.0. The van der Waals surface area contributed by atoms with Crippen LogP contribution in [0.15, 0.2) is 128 Å². The number of para-hydroxylation sites is 2. The van der Waals surface area contributed by atoms with E-state index >= 15 is 0 Å². The lowest BCUT2D eigenvalue weighted by Gasteiger charge is -2.64. The van der Waals surface area contributed by atoms with Gasteiger partial charge in [-0.1, -0.05) is 84.9 Å². The van der Waals surface area contributed by atoms with E-state index in [4.69, 9.17) is 15.0 Å². The fourth-order valence-corrected chi connectivity index (χ4v) is 9.99. The molecule has 4 fully saturated rings. The Kier molecular flexibility index (Phi) is 5.99. The van der Waals surface area contributed by atoms with Crippen LogP contribution in [0.3, 0.4) is 0 Å². The molecule has 11 rings (SSSR count). The Morgan fingerprint density at radius 3 is 1.85 bits per heavy atom. The highest BCUT2D eigenvalue weighted by atomic mass is 15.2. The second kappa shape index (κ2) is 10.4. The second-order valence-corrected chi connectivity index (χ2v) is 14.0. The summed E-state index contributed by atoms with van der Waals surface area (Å²) in [4.78, 5) is 22.2. The van der Waals surface area contributed by atoms with Gasteiger partial charge in [-0.15, -0.1) is 0 Å². The summed E-state index contributed by atoms with van der Waals surface area (Å²) in [5, 5.41) is 0. The van der Waals surface area contributed by atoms with E-state index in [1.807, 2.05) is 36.4 Å². The second-order valence-electron chi connectivity index (χ2n) is 14.0. The molecule has 4 saturated carbocycles. The molecule has 4 aliphatic carbocycles. The van der Waals surface area contributed by atoms with Crippen molar-refractivity contribution in [1.82, 2.24) is 19.9 Å². The molecule has 0 amide bonds. The number of nitrogens with zero attached hydrogens (tertiary/aromatic N) is 5. The molecule has 0 radical (unpaired) electrons. The maximum absolute atomic E-state index is 5.10. The van der Waals surface area contributed by atoms with Gasteiger partial charge in [0.1, 0.15) is 5.69 Å². The van der Waals surface area contributed by atoms with Gasteiger partial charge in [0.15, 0.2) is 17.5 Å². The normalized spacial score (nSPS) is 25.1. The van der Waals surface area contributed by atoms with Crippen LogP contribution in [-0.2, 0) is 5.41 Å². The minimum atomic E-state index is 0.0244. The van der Waals surface area contributed by atoms with Crippen molar-refractivity contribution in [3.8, 4) is 34.3 Å². The van der Waals surface area contributed by atoms with Crippen molar-refractivity contribution in [2.75, 3.05) is 4.90 Å². The van der Waals surface area contributed by atoms with Crippen LogP contribution in [0, 0.1) is 23.7 Å². The number of hydrogen-bond donors (Lipinski definition) is 0. The maximum atomic E-state index is 5.10. The van der Waals surface area contributed by atoms with Crippen LogP contribution in [0.5, 0.6) is 0 Å². The van der Waals surface area contributed by atoms with E-state index in [-0.39, 0.29) is 5.41 Å². The molecule has 0 unspecified atom stereocenters. The SMILES string of the molecule is c1ccc(-c2nc(-c3ccc4c(c3)N(c3ccccc3)c3ccccc3C43C4CC5CC(C4)CC3C5)nc(-c3ccccn3)n2)cc1. The van der Waals surface area contributed by atoms with Gasteiger partial charge in [0.25, 0.3) is 0 Å². The quantitative estimate of drug-likeness (QED) is 0.199. The largest absolute Gasteiger partial charge is 0.310 e. The number of anilines is 3. The van der Waals surface area contributed by atoms with Crippen LogP contribution >= 0.6 is 0 Å². The van der Waals surface area contributed by atoms with Crippen LogP contribution in [0.25, 0.3) is 34.3 Å². The number of hydrogen-bond acceptors (Lipinski definition) is 5. The molecule has 228 valence electrons. The fourth-order valence-electron chi connectivity index (χ4n) is 9.99. The third-order valence-electron chi connectivity index (χ3n) is 11.5. The van der Waals surface area contributed by atoms with Crippen molar-refractivity contribution in [3.05, 3.63) is 139 Å². The zero-order chi connectivity index (χ0) is 31.0. The molecular weight excluding hydrogens is 574 g/mol. The lowest BCUT2D eigenvalue weighted by Crippen LogP contribution is -2.57. The molecule has 3 heterocycles. The predicted molar refractivity (Wildman–Crippen MR) is 186 cm³/mol. The van der Waals surface area contributed by atoms with Crippen molar-refractivity contribution in [3.63, 3.8) is 0 Å². The number of aromatic nitrogens is 4. The first-order chi connectivity index (χ1) is 23.3. The first-order valence-corrected chi connectivity index (χ1v) is 17.1. The van der Waals surface area contributed by atoms with Gasteiger partial charge in [0.2, 0.25) is 0 Å². The summed E-state index contributed by atoms with van der Waals surface area (Å²) in [5.74, 6) is 4.99. The minimum absolute atomic E-state index is 0.0244. The Labute approximate surface area is 275 Å². The van der Waals surface area contributed by atoms with Crippen LogP contribution in [0.1, 0.15) is 43.2 Å². The molecule has 6 aromatic rings. The Morgan fingerprint density at radius 1 is 0.511 bits per heavy atom. The smallest absolute Gasteiger partial charge is 0.182 e. The molecule has 5 aliphatic rings. The van der Waals surface area contributed by atoms with Crippen molar-refractivity contribution >= 4 is 17.1 Å². The first-order valence-electron chi connectivity index (χ1n) is 17.1. The van der Waals surface area contributed by atoms with Gasteiger partial charge in [0.05, 0.1) is 11.4 Å². The molecule has 0 atom stereocenters. The molecule has 5 heteroatoms. The minimum Gasteiger partial charge on any atom is -0.310 e. The van der Waals surface area contributed by atoms with Crippen LogP contribution in [0.4, 0.5) is 17.1 Å². The molecule has 47 heavy (non-hydrogen) atoms. The number of rotatable bonds is 4. The molecule has 4 bridgehead atoms. The average Bonchev–Trinajstić information content (AvgIpc) is 3.13. The fraction of sp³-hybridized carbons (Fsp3) is 0.238. The van der Waals surface area contributed by atoms with Gasteiger partial charge in [-0.05, 0) is 103 Å². The predicted octanol–water partition coefficient (Wildman–Crippen LogP) is 9.79. The summed E-state index contributed by atoms with van der Waals surface area (Å²) in [6, 6.07) is 43.2. The zero-order valence-electron chi connectivity index (χ0n) is 26.2. The van der Waals surface area contributed by atoms with Crippen LogP contribution in [0.2, 0.25) is 0 Å². The molecule has 4 aromatic carbocycles. The van der Waals surface area contributed by atoms with Gasteiger partial charge in [-0.2, -0.15) is 0 Å². The third-order valence-corrected chi connectivity index (χ3v) is 11.5. The van der Waals surface area contributed by atoms with E-state index in [1.54, 1.807) is 6.20 Å². The summed E-state index contributed by atoms with van der Waals surface area (Å²) in [7, 11) is 0. The molecule has 0 N–H and O–H groups in total. The number of fused-ring (bicyclic) bond motifs is 2. The summed E-state index contributed by atoms with van der Waals surface area (Å²) in [5.41, 5.74) is 9.42. The summed E-state index contributed by atoms with van der Waals surface area (Å²) >= 11 is 0. The molecule has 0 saturated heterocycles. The third kappa shape index (κ3) is 4.08. The topological polar surface area (TPSA) is 54.8 Å². The van der Waals surface area contributed by atoms with Crippen LogP contribution in [-0.4, -0.2) is 19.9 Å². The molecule has 1 aliphatic heterocycles. The molecule has 5 nitrogen and oxygen atoms in total. The maximum Gasteiger partial charge on any atom is 0.182 e. The zero-order valence-corrected chi connectivity index (χ0v) is 26.2. The Balaban J connectivity index is 1.22. The molecule has 2 aromatic heterocycles. The summed E-state index contributed by atoms with van der Waals surface area (Å²) in [6.07, 6.45) is 8.60. The van der Waals surface area contributed by atoms with Gasteiger partial charge in [0, 0.05) is 28.4 Å². The van der Waals surface area contributed by atoms with E-state index in [9.17, 15) is 0 Å². The highest BCUT2D eigenvalue weighted by Crippen LogP contribution is 2.69. The Morgan fingerprint density at radius 2 is 1.13 bits per heavy atom. The van der Waals surface area contributed by atoms with Crippen LogP contribution < -0.4 is 4.90 Å². The van der Waals surface area contributed by atoms with E-state index in [1.165, 1.54) is 60.3 Å². The molecule has 1 spiro atoms. The lowest BCUT2D eigenvalue weighted by molar-refractivity contribution is -0.0419. The number of benzene rings is 4. The van der Waals surface area contributed by atoms with Crippen molar-refractivity contribution in [1.29, 1.82) is 0 Å². The highest BCUT2D eigenvalue weighted by molar-refractivity contribution is 5.88. The summed E-state index contributed by atoms with van der Waals surface area (Å²) < 4.78 is 0. The monoisotopic (exact) mass is 609 g/mol. The lowest BCUT2D eigenvalue weighted by atomic mass is 9.41. The standard InChI is InChI=1S/C42H35N5/c1-3-11-29(12-4-1)39-44-40(46-41(45-39)36-16-9-10-20-43-36)30-18-19-35-38(26-30)47(33-13-5-2-6-14-33)37-17-8-7-15-34(37)42(35)31-22-27-21-28(24-31)25-32(42)23-27/h1-20,26-28,31-32H,21-25H2. The van der Waals surface area contributed by atoms with Gasteiger partial charge in [-0.25, -0.2) is 15.0 Å². The number of pyridine rings is 1. The van der Waals surface area contributed by atoms with Crippen molar-refractivity contribution < 1.29 is 0 Å². The molecular formula is C42H35N5. The van der Waals surface area contributed by atoms with E-state index < -0.39 is 0 Å². The average molecular weight is 610 g/mol. The van der Waals surface area contributed by atoms with Crippen molar-refractivity contribution in [2.45, 2.75) is 37.5 Å². The van der Waals surface area contributed by atoms with E-state index in [0.29, 0.717) is 29.3 Å². The Bertz CT molecular complexity index is 2020.